The van der Waals surface area contributed by atoms with Gasteiger partial charge in [0.25, 0.3) is 0 Å². The highest BCUT2D eigenvalue weighted by Crippen LogP contribution is 2.28. The Morgan fingerprint density at radius 1 is 1.15 bits per heavy atom. The summed E-state index contributed by atoms with van der Waals surface area (Å²) in [6, 6.07) is 7.54. The van der Waals surface area contributed by atoms with Crippen molar-refractivity contribution in [2.75, 3.05) is 38.1 Å². The lowest BCUT2D eigenvalue weighted by Crippen LogP contribution is -2.45. The number of aromatic nitrogens is 2. The molecule has 1 aliphatic rings. The third-order valence-corrected chi connectivity index (χ3v) is 3.66. The molecule has 0 bridgehead atoms. The molecule has 0 spiro atoms. The fourth-order valence-electron chi connectivity index (χ4n) is 2.53. The zero-order chi connectivity index (χ0) is 14.1. The van der Waals surface area contributed by atoms with Gasteiger partial charge in [-0.05, 0) is 13.1 Å². The Kier molecular flexibility index (Phi) is 3.23. The number of nitrogens with zero attached hydrogens (tertiary/aromatic N) is 4. The number of benzene rings is 1. The molecule has 0 saturated carbocycles. The average molecular weight is 272 g/mol. The van der Waals surface area contributed by atoms with Gasteiger partial charge in [-0.15, -0.1) is 10.2 Å². The number of aromatic carboxylic acids is 1. The van der Waals surface area contributed by atoms with Gasteiger partial charge in [0.2, 0.25) is 0 Å². The first-order valence-corrected chi connectivity index (χ1v) is 6.59. The first-order chi connectivity index (χ1) is 9.66. The number of hydrogen-bond acceptors (Lipinski definition) is 5. The second kappa shape index (κ2) is 5.05. The third kappa shape index (κ3) is 2.18. The van der Waals surface area contributed by atoms with Crippen LogP contribution in [0.4, 0.5) is 5.69 Å². The summed E-state index contributed by atoms with van der Waals surface area (Å²) in [4.78, 5) is 15.8. The number of piperazine rings is 1. The van der Waals surface area contributed by atoms with E-state index in [1.54, 1.807) is 0 Å². The van der Waals surface area contributed by atoms with Crippen LogP contribution in [0.2, 0.25) is 0 Å². The van der Waals surface area contributed by atoms with Crippen molar-refractivity contribution in [3.63, 3.8) is 0 Å². The molecule has 0 atom stereocenters. The lowest BCUT2D eigenvalue weighted by molar-refractivity contribution is 0.0690. The van der Waals surface area contributed by atoms with E-state index < -0.39 is 5.97 Å². The maximum Gasteiger partial charge on any atom is 0.358 e. The van der Waals surface area contributed by atoms with Crippen LogP contribution in [0.15, 0.2) is 24.3 Å². The van der Waals surface area contributed by atoms with Crippen LogP contribution in [-0.2, 0) is 0 Å². The molecule has 1 saturated heterocycles. The number of carbonyl (C=O) groups is 1. The highest BCUT2D eigenvalue weighted by Gasteiger charge is 2.24. The summed E-state index contributed by atoms with van der Waals surface area (Å²) < 4.78 is 0. The minimum atomic E-state index is -1.03. The Hall–Kier alpha value is -2.21. The van der Waals surface area contributed by atoms with Gasteiger partial charge in [-0.3, -0.25) is 0 Å². The largest absolute Gasteiger partial charge is 0.476 e. The molecule has 3 rings (SSSR count). The van der Waals surface area contributed by atoms with Crippen molar-refractivity contribution in [1.82, 2.24) is 15.1 Å². The number of likely N-dealkylation sites (N-methyl/N-ethyl adjacent to an activating group) is 1. The topological polar surface area (TPSA) is 69.6 Å². The van der Waals surface area contributed by atoms with Crippen LogP contribution in [-0.4, -0.2) is 59.4 Å². The Morgan fingerprint density at radius 2 is 1.85 bits per heavy atom. The summed E-state index contributed by atoms with van der Waals surface area (Å²) in [7, 11) is 2.07. The average Bonchev–Trinajstić information content (AvgIpc) is 2.47. The van der Waals surface area contributed by atoms with Crippen LogP contribution in [0.3, 0.4) is 0 Å². The van der Waals surface area contributed by atoms with Crippen LogP contribution in [0.5, 0.6) is 0 Å². The molecule has 1 fully saturated rings. The van der Waals surface area contributed by atoms with E-state index >= 15 is 0 Å². The number of hydrogen-bond donors (Lipinski definition) is 1. The second-order valence-electron chi connectivity index (χ2n) is 5.01. The van der Waals surface area contributed by atoms with Gasteiger partial charge in [0.15, 0.2) is 5.69 Å². The minimum Gasteiger partial charge on any atom is -0.476 e. The number of carboxylic acid groups (broad SMARTS) is 1. The summed E-state index contributed by atoms with van der Waals surface area (Å²) in [6.45, 7) is 3.42. The van der Waals surface area contributed by atoms with E-state index in [-0.39, 0.29) is 5.69 Å². The standard InChI is InChI=1S/C14H16N4O2/c1-17-6-8-18(9-7-17)13-10-4-2-3-5-11(10)15-16-12(13)14(19)20/h2-5H,6-9H2,1H3,(H,19,20). The minimum absolute atomic E-state index is 0.0354. The van der Waals surface area contributed by atoms with Crippen molar-refractivity contribution in [3.8, 4) is 0 Å². The highest BCUT2D eigenvalue weighted by atomic mass is 16.4. The number of carboxylic acids is 1. The predicted molar refractivity (Wildman–Crippen MR) is 76.2 cm³/mol. The van der Waals surface area contributed by atoms with E-state index in [4.69, 9.17) is 0 Å². The highest BCUT2D eigenvalue weighted by molar-refractivity contribution is 6.02. The molecule has 0 unspecified atom stereocenters. The van der Waals surface area contributed by atoms with Gasteiger partial charge < -0.3 is 14.9 Å². The van der Waals surface area contributed by atoms with E-state index in [9.17, 15) is 9.90 Å². The lowest BCUT2D eigenvalue weighted by atomic mass is 10.1. The third-order valence-electron chi connectivity index (χ3n) is 3.66. The molecular weight excluding hydrogens is 256 g/mol. The fraction of sp³-hybridized carbons (Fsp3) is 0.357. The van der Waals surface area contributed by atoms with Crippen molar-refractivity contribution >= 4 is 22.6 Å². The summed E-state index contributed by atoms with van der Waals surface area (Å²) in [5.74, 6) is -1.03. The molecule has 0 radical (unpaired) electrons. The van der Waals surface area contributed by atoms with Crippen molar-refractivity contribution in [1.29, 1.82) is 0 Å². The molecule has 20 heavy (non-hydrogen) atoms. The van der Waals surface area contributed by atoms with Crippen LogP contribution in [0.1, 0.15) is 10.5 Å². The molecular formula is C14H16N4O2. The summed E-state index contributed by atoms with van der Waals surface area (Å²) >= 11 is 0. The Labute approximate surface area is 116 Å². The van der Waals surface area contributed by atoms with Gasteiger partial charge in [-0.2, -0.15) is 0 Å². The van der Waals surface area contributed by atoms with Crippen molar-refractivity contribution in [3.05, 3.63) is 30.0 Å². The first-order valence-electron chi connectivity index (χ1n) is 6.59. The Balaban J connectivity index is 2.15. The summed E-state index contributed by atoms with van der Waals surface area (Å²) in [5, 5.41) is 18.1. The van der Waals surface area contributed by atoms with Gasteiger partial charge in [0.05, 0.1) is 11.2 Å². The molecule has 1 aromatic carbocycles. The molecule has 2 heterocycles. The van der Waals surface area contributed by atoms with Gasteiger partial charge in [0.1, 0.15) is 0 Å². The SMILES string of the molecule is CN1CCN(c2c(C(=O)O)nnc3ccccc23)CC1. The molecule has 0 aliphatic carbocycles. The van der Waals surface area contributed by atoms with Crippen molar-refractivity contribution in [2.45, 2.75) is 0 Å². The van der Waals surface area contributed by atoms with Crippen LogP contribution < -0.4 is 4.90 Å². The van der Waals surface area contributed by atoms with Crippen LogP contribution in [0.25, 0.3) is 10.9 Å². The number of anilines is 1. The number of rotatable bonds is 2. The second-order valence-corrected chi connectivity index (χ2v) is 5.01. The Morgan fingerprint density at radius 3 is 2.55 bits per heavy atom. The van der Waals surface area contributed by atoms with Crippen LogP contribution >= 0.6 is 0 Å². The van der Waals surface area contributed by atoms with E-state index in [0.717, 1.165) is 37.1 Å². The van der Waals surface area contributed by atoms with Gasteiger partial charge >= 0.3 is 5.97 Å². The molecule has 0 amide bonds. The van der Waals surface area contributed by atoms with Gasteiger partial charge in [-0.25, -0.2) is 4.79 Å². The van der Waals surface area contributed by atoms with Crippen molar-refractivity contribution < 1.29 is 9.90 Å². The smallest absolute Gasteiger partial charge is 0.358 e. The molecule has 104 valence electrons. The molecule has 1 N–H and O–H groups in total. The fourth-order valence-corrected chi connectivity index (χ4v) is 2.53. The summed E-state index contributed by atoms with van der Waals surface area (Å²) in [6.07, 6.45) is 0. The van der Waals surface area contributed by atoms with E-state index in [2.05, 4.69) is 27.0 Å². The zero-order valence-electron chi connectivity index (χ0n) is 11.3. The maximum atomic E-state index is 11.4. The quantitative estimate of drug-likeness (QED) is 0.882. The molecule has 1 aliphatic heterocycles. The van der Waals surface area contributed by atoms with E-state index in [1.165, 1.54) is 0 Å². The van der Waals surface area contributed by atoms with E-state index in [0.29, 0.717) is 5.69 Å². The monoisotopic (exact) mass is 272 g/mol. The first kappa shape index (κ1) is 12.8. The van der Waals surface area contributed by atoms with E-state index in [1.807, 2.05) is 24.3 Å². The molecule has 1 aromatic heterocycles. The summed E-state index contributed by atoms with van der Waals surface area (Å²) in [5.41, 5.74) is 1.45. The van der Waals surface area contributed by atoms with Gasteiger partial charge in [0, 0.05) is 31.6 Å². The predicted octanol–water partition coefficient (Wildman–Crippen LogP) is 1.08. The van der Waals surface area contributed by atoms with Gasteiger partial charge in [-0.1, -0.05) is 18.2 Å². The lowest BCUT2D eigenvalue weighted by Gasteiger charge is -2.34. The normalized spacial score (nSPS) is 16.6. The number of fused-ring (bicyclic) bond motifs is 1. The molecule has 6 nitrogen and oxygen atoms in total. The van der Waals surface area contributed by atoms with Crippen LogP contribution in [0, 0.1) is 0 Å². The maximum absolute atomic E-state index is 11.4. The molecule has 2 aromatic rings. The molecule has 6 heteroatoms. The Bertz CT molecular complexity index is 651. The zero-order valence-corrected chi connectivity index (χ0v) is 11.3. The van der Waals surface area contributed by atoms with Crippen molar-refractivity contribution in [2.24, 2.45) is 0 Å².